The first-order chi connectivity index (χ1) is 5.33. The Bertz CT molecular complexity index is 160. The van der Waals surface area contributed by atoms with Crippen LogP contribution in [-0.2, 0) is 4.79 Å². The zero-order chi connectivity index (χ0) is 8.10. The molecule has 0 unspecified atom stereocenters. The Kier molecular flexibility index (Phi) is 3.38. The highest BCUT2D eigenvalue weighted by molar-refractivity contribution is 5.51. The van der Waals surface area contributed by atoms with Gasteiger partial charge in [0.15, 0.2) is 0 Å². The van der Waals surface area contributed by atoms with Crippen LogP contribution in [0.3, 0.4) is 0 Å². The van der Waals surface area contributed by atoms with Crippen LogP contribution in [0.15, 0.2) is 5.57 Å². The Balaban J connectivity index is 2.30. The van der Waals surface area contributed by atoms with Gasteiger partial charge in [-0.25, -0.2) is 4.79 Å². The van der Waals surface area contributed by atoms with E-state index >= 15 is 0 Å². The minimum absolute atomic E-state index is 0.783. The Morgan fingerprint density at radius 3 is 2.55 bits per heavy atom. The van der Waals surface area contributed by atoms with Crippen LogP contribution >= 0.6 is 0 Å². The summed E-state index contributed by atoms with van der Waals surface area (Å²) in [6, 6.07) is 0. The maximum atomic E-state index is 10.2. The fourth-order valence-electron chi connectivity index (χ4n) is 1.87. The molecule has 1 rings (SSSR count). The van der Waals surface area contributed by atoms with Crippen LogP contribution in [0.1, 0.15) is 45.4 Å². The van der Waals surface area contributed by atoms with Crippen LogP contribution in [-0.4, -0.2) is 5.94 Å². The molecule has 0 amide bonds. The molecule has 0 aromatic heterocycles. The van der Waals surface area contributed by atoms with Gasteiger partial charge in [-0.2, -0.15) is 0 Å². The molecule has 0 atom stereocenters. The molecule has 62 valence electrons. The van der Waals surface area contributed by atoms with Crippen molar-refractivity contribution in [3.05, 3.63) is 5.57 Å². The monoisotopic (exact) mass is 152 g/mol. The van der Waals surface area contributed by atoms with Crippen molar-refractivity contribution in [1.82, 2.24) is 0 Å². The van der Waals surface area contributed by atoms with E-state index < -0.39 is 0 Å². The molecule has 0 radical (unpaired) electrons. The number of carbonyl (C=O) groups excluding carboxylic acids is 1. The van der Waals surface area contributed by atoms with Gasteiger partial charge in [0.1, 0.15) is 5.94 Å². The summed E-state index contributed by atoms with van der Waals surface area (Å²) in [5, 5.41) is 0. The second-order valence-corrected chi connectivity index (χ2v) is 3.59. The molecule has 1 fully saturated rings. The molecule has 0 aliphatic heterocycles. The maximum Gasteiger partial charge on any atom is 0.123 e. The van der Waals surface area contributed by atoms with Gasteiger partial charge in [0.25, 0.3) is 0 Å². The lowest BCUT2D eigenvalue weighted by molar-refractivity contribution is 0.356. The van der Waals surface area contributed by atoms with E-state index in [1.165, 1.54) is 32.1 Å². The van der Waals surface area contributed by atoms with Crippen LogP contribution in [0, 0.1) is 5.92 Å². The molecule has 1 saturated carbocycles. The van der Waals surface area contributed by atoms with Gasteiger partial charge in [-0.3, -0.25) is 0 Å². The van der Waals surface area contributed by atoms with Crippen molar-refractivity contribution in [3.63, 3.8) is 0 Å². The summed E-state index contributed by atoms with van der Waals surface area (Å²) in [7, 11) is 0. The van der Waals surface area contributed by atoms with E-state index in [9.17, 15) is 4.79 Å². The van der Waals surface area contributed by atoms with Gasteiger partial charge < -0.3 is 0 Å². The van der Waals surface area contributed by atoms with Crippen molar-refractivity contribution in [3.8, 4) is 0 Å². The van der Waals surface area contributed by atoms with Crippen molar-refractivity contribution < 1.29 is 4.79 Å². The topological polar surface area (TPSA) is 17.1 Å². The van der Waals surface area contributed by atoms with Crippen LogP contribution < -0.4 is 0 Å². The smallest absolute Gasteiger partial charge is 0.123 e. The fraction of sp³-hybridized carbons (Fsp3) is 0.800. The highest BCUT2D eigenvalue weighted by Gasteiger charge is 2.13. The standard InChI is InChI=1S/C10H16O/c1-9(8-11)7-10-5-3-2-4-6-10/h10H,2-7H2,1H3. The average molecular weight is 152 g/mol. The van der Waals surface area contributed by atoms with E-state index in [-0.39, 0.29) is 0 Å². The molecule has 1 aliphatic carbocycles. The van der Waals surface area contributed by atoms with Crippen LogP contribution in [0.25, 0.3) is 0 Å². The third kappa shape index (κ3) is 2.90. The van der Waals surface area contributed by atoms with E-state index in [4.69, 9.17) is 0 Å². The Labute approximate surface area is 68.5 Å². The van der Waals surface area contributed by atoms with E-state index in [1.807, 2.05) is 12.9 Å². The van der Waals surface area contributed by atoms with E-state index in [0.717, 1.165) is 17.9 Å². The zero-order valence-electron chi connectivity index (χ0n) is 7.23. The quantitative estimate of drug-likeness (QED) is 0.556. The van der Waals surface area contributed by atoms with Gasteiger partial charge in [-0.1, -0.05) is 32.1 Å². The molecule has 0 saturated heterocycles. The maximum absolute atomic E-state index is 10.2. The van der Waals surface area contributed by atoms with Crippen LogP contribution in [0.5, 0.6) is 0 Å². The second kappa shape index (κ2) is 4.35. The molecule has 0 spiro atoms. The summed E-state index contributed by atoms with van der Waals surface area (Å²) in [6.07, 6.45) is 7.73. The Hall–Kier alpha value is -0.550. The molecule has 0 bridgehead atoms. The molecule has 0 aromatic rings. The van der Waals surface area contributed by atoms with Gasteiger partial charge in [0.05, 0.1) is 0 Å². The molecular weight excluding hydrogens is 136 g/mol. The summed E-state index contributed by atoms with van der Waals surface area (Å²) in [6.45, 7) is 1.89. The summed E-state index contributed by atoms with van der Waals surface area (Å²) in [4.78, 5) is 10.2. The SMILES string of the molecule is CC(=C=O)CC1CCCCC1. The predicted molar refractivity (Wildman–Crippen MR) is 46.1 cm³/mol. The van der Waals surface area contributed by atoms with Crippen molar-refractivity contribution in [2.45, 2.75) is 45.4 Å². The molecule has 1 heteroatoms. The molecule has 1 nitrogen and oxygen atoms in total. The lowest BCUT2D eigenvalue weighted by atomic mass is 9.85. The summed E-state index contributed by atoms with van der Waals surface area (Å²) >= 11 is 0. The number of hydrogen-bond donors (Lipinski definition) is 0. The van der Waals surface area contributed by atoms with E-state index in [0.29, 0.717) is 0 Å². The molecule has 11 heavy (non-hydrogen) atoms. The second-order valence-electron chi connectivity index (χ2n) is 3.59. The van der Waals surface area contributed by atoms with Gasteiger partial charge >= 0.3 is 0 Å². The molecule has 0 aromatic carbocycles. The fourth-order valence-corrected chi connectivity index (χ4v) is 1.87. The minimum atomic E-state index is 0.783. The summed E-state index contributed by atoms with van der Waals surface area (Å²) in [5.74, 6) is 2.76. The summed E-state index contributed by atoms with van der Waals surface area (Å²) in [5.41, 5.74) is 0.900. The number of rotatable bonds is 2. The minimum Gasteiger partial charge on any atom is -0.234 e. The highest BCUT2D eigenvalue weighted by atomic mass is 16.1. The summed E-state index contributed by atoms with van der Waals surface area (Å²) < 4.78 is 0. The van der Waals surface area contributed by atoms with Crippen molar-refractivity contribution >= 4 is 5.94 Å². The van der Waals surface area contributed by atoms with Crippen molar-refractivity contribution in [2.75, 3.05) is 0 Å². The number of allylic oxidation sites excluding steroid dienone is 1. The van der Waals surface area contributed by atoms with Gasteiger partial charge in [0, 0.05) is 5.57 Å². The molecule has 0 N–H and O–H groups in total. The van der Waals surface area contributed by atoms with Gasteiger partial charge in [-0.05, 0) is 19.3 Å². The third-order valence-electron chi connectivity index (χ3n) is 2.49. The zero-order valence-corrected chi connectivity index (χ0v) is 7.23. The van der Waals surface area contributed by atoms with Crippen molar-refractivity contribution in [2.24, 2.45) is 5.92 Å². The molecule has 0 heterocycles. The van der Waals surface area contributed by atoms with Crippen molar-refractivity contribution in [1.29, 1.82) is 0 Å². The lowest BCUT2D eigenvalue weighted by Crippen LogP contribution is -2.06. The Morgan fingerprint density at radius 1 is 1.36 bits per heavy atom. The first kappa shape index (κ1) is 8.55. The largest absolute Gasteiger partial charge is 0.234 e. The van der Waals surface area contributed by atoms with Crippen LogP contribution in [0.2, 0.25) is 0 Å². The predicted octanol–water partition coefficient (Wildman–Crippen LogP) is 2.73. The Morgan fingerprint density at radius 2 is 2.00 bits per heavy atom. The average Bonchev–Trinajstić information content (AvgIpc) is 2.06. The molecule has 1 aliphatic rings. The highest BCUT2D eigenvalue weighted by Crippen LogP contribution is 2.27. The third-order valence-corrected chi connectivity index (χ3v) is 2.49. The normalized spacial score (nSPS) is 19.4. The van der Waals surface area contributed by atoms with E-state index in [2.05, 4.69) is 0 Å². The van der Waals surface area contributed by atoms with Gasteiger partial charge in [0.2, 0.25) is 0 Å². The molecular formula is C10H16O. The van der Waals surface area contributed by atoms with E-state index in [1.54, 1.807) is 0 Å². The first-order valence-electron chi connectivity index (χ1n) is 4.53. The number of hydrogen-bond acceptors (Lipinski definition) is 1. The van der Waals surface area contributed by atoms with Gasteiger partial charge in [-0.15, -0.1) is 0 Å². The van der Waals surface area contributed by atoms with Crippen LogP contribution in [0.4, 0.5) is 0 Å². The first-order valence-corrected chi connectivity index (χ1v) is 4.53. The lowest BCUT2D eigenvalue weighted by Gasteiger charge is -2.20.